The topological polar surface area (TPSA) is 59.4 Å². The van der Waals surface area contributed by atoms with Crippen molar-refractivity contribution in [3.63, 3.8) is 0 Å². The zero-order valence-corrected chi connectivity index (χ0v) is 18.4. The molecule has 0 radical (unpaired) electrons. The molecule has 3 aromatic rings. The molecule has 1 aromatic carbocycles. The molecule has 33 heavy (non-hydrogen) atoms. The number of rotatable bonds is 6. The lowest BCUT2D eigenvalue weighted by atomic mass is 10.0. The van der Waals surface area contributed by atoms with Crippen LogP contribution in [0.25, 0.3) is 5.69 Å². The van der Waals surface area contributed by atoms with E-state index in [-0.39, 0.29) is 25.0 Å². The first-order chi connectivity index (χ1) is 15.8. The Morgan fingerprint density at radius 3 is 2.70 bits per heavy atom. The second-order valence-corrected chi connectivity index (χ2v) is 7.88. The Bertz CT molecular complexity index is 1150. The summed E-state index contributed by atoms with van der Waals surface area (Å²) in [6.45, 7) is 0.278. The van der Waals surface area contributed by atoms with Crippen molar-refractivity contribution >= 4 is 23.3 Å². The third kappa shape index (κ3) is 4.70. The second kappa shape index (κ2) is 9.22. The summed E-state index contributed by atoms with van der Waals surface area (Å²) in [4.78, 5) is 18.1. The molecule has 0 amide bonds. The Labute approximate surface area is 194 Å². The molecular formula is C23H21F3N4O2S. The Hall–Kier alpha value is -3.40. The normalized spacial score (nSPS) is 18.3. The van der Waals surface area contributed by atoms with Crippen LogP contribution in [0.2, 0.25) is 0 Å². The van der Waals surface area contributed by atoms with Gasteiger partial charge in [-0.15, -0.1) is 0 Å². The minimum absolute atomic E-state index is 0.105. The molecule has 2 atom stereocenters. The molecule has 6 nitrogen and oxygen atoms in total. The average Bonchev–Trinajstić information content (AvgIpc) is 3.41. The number of esters is 1. The smallest absolute Gasteiger partial charge is 0.416 e. The fourth-order valence-corrected chi connectivity index (χ4v) is 4.32. The SMILES string of the molecule is COC(=O)CCN1C(=S)NC(c2ccccn2)C1c1cccn1-c1cccc(C(F)(F)F)c1. The third-order valence-electron chi connectivity index (χ3n) is 5.52. The number of alkyl halides is 3. The molecule has 0 bridgehead atoms. The van der Waals surface area contributed by atoms with Gasteiger partial charge >= 0.3 is 12.1 Å². The summed E-state index contributed by atoms with van der Waals surface area (Å²) >= 11 is 5.56. The Kier molecular flexibility index (Phi) is 6.37. The van der Waals surface area contributed by atoms with E-state index >= 15 is 0 Å². The number of methoxy groups -OCH3 is 1. The maximum Gasteiger partial charge on any atom is 0.416 e. The molecule has 1 N–H and O–H groups in total. The van der Waals surface area contributed by atoms with Gasteiger partial charge in [-0.25, -0.2) is 0 Å². The first-order valence-electron chi connectivity index (χ1n) is 10.2. The second-order valence-electron chi connectivity index (χ2n) is 7.50. The van der Waals surface area contributed by atoms with E-state index in [2.05, 4.69) is 10.3 Å². The van der Waals surface area contributed by atoms with E-state index in [0.717, 1.165) is 17.8 Å². The fourth-order valence-electron chi connectivity index (χ4n) is 3.98. The number of nitrogens with one attached hydrogen (secondary N) is 1. The van der Waals surface area contributed by atoms with E-state index in [9.17, 15) is 18.0 Å². The lowest BCUT2D eigenvalue weighted by molar-refractivity contribution is -0.141. The number of carbonyl (C=O) groups excluding carboxylic acids is 1. The number of halogens is 3. The van der Waals surface area contributed by atoms with Gasteiger partial charge in [-0.1, -0.05) is 12.1 Å². The summed E-state index contributed by atoms with van der Waals surface area (Å²) < 4.78 is 46.4. The van der Waals surface area contributed by atoms with Crippen LogP contribution in [0.1, 0.15) is 35.5 Å². The maximum absolute atomic E-state index is 13.3. The monoisotopic (exact) mass is 474 g/mol. The molecule has 2 unspecified atom stereocenters. The van der Waals surface area contributed by atoms with Crippen LogP contribution >= 0.6 is 12.2 Å². The first-order valence-corrected chi connectivity index (χ1v) is 10.6. The van der Waals surface area contributed by atoms with Gasteiger partial charge in [-0.2, -0.15) is 13.2 Å². The quantitative estimate of drug-likeness (QED) is 0.422. The van der Waals surface area contributed by atoms with Gasteiger partial charge in [0, 0.05) is 30.3 Å². The zero-order valence-electron chi connectivity index (χ0n) is 17.6. The van der Waals surface area contributed by atoms with Crippen molar-refractivity contribution in [2.45, 2.75) is 24.7 Å². The van der Waals surface area contributed by atoms with E-state index in [1.165, 1.54) is 13.2 Å². The highest BCUT2D eigenvalue weighted by molar-refractivity contribution is 7.80. The summed E-state index contributed by atoms with van der Waals surface area (Å²) in [5, 5.41) is 3.69. The Balaban J connectivity index is 1.78. The summed E-state index contributed by atoms with van der Waals surface area (Å²) in [7, 11) is 1.32. The van der Waals surface area contributed by atoms with Crippen LogP contribution in [0.4, 0.5) is 13.2 Å². The highest BCUT2D eigenvalue weighted by Gasteiger charge is 2.41. The number of pyridine rings is 1. The predicted molar refractivity (Wildman–Crippen MR) is 120 cm³/mol. The van der Waals surface area contributed by atoms with Gasteiger partial charge < -0.3 is 19.5 Å². The molecule has 0 spiro atoms. The van der Waals surface area contributed by atoms with Crippen LogP contribution in [0, 0.1) is 0 Å². The van der Waals surface area contributed by atoms with Crippen molar-refractivity contribution in [2.24, 2.45) is 0 Å². The molecule has 172 valence electrons. The minimum atomic E-state index is -4.46. The fraction of sp³-hybridized carbons (Fsp3) is 0.261. The van der Waals surface area contributed by atoms with Gasteiger partial charge in [0.1, 0.15) is 0 Å². The predicted octanol–water partition coefficient (Wildman–Crippen LogP) is 4.43. The van der Waals surface area contributed by atoms with Crippen LogP contribution < -0.4 is 5.32 Å². The molecule has 2 aromatic heterocycles. The number of carbonyl (C=O) groups is 1. The molecule has 0 saturated carbocycles. The molecule has 1 saturated heterocycles. The lowest BCUT2D eigenvalue weighted by Crippen LogP contribution is -2.32. The van der Waals surface area contributed by atoms with Crippen LogP contribution in [0.3, 0.4) is 0 Å². The first kappa shape index (κ1) is 22.8. The standard InChI is InChI=1S/C23H21F3N4O2S/c1-32-19(31)10-13-30-21(20(28-22(30)33)17-8-2-3-11-27-17)18-9-5-12-29(18)16-7-4-6-15(14-16)23(24,25)26/h2-9,11-12,14,20-21H,10,13H2,1H3,(H,28,33). The maximum atomic E-state index is 13.3. The molecule has 3 heterocycles. The Morgan fingerprint density at radius 2 is 2.00 bits per heavy atom. The number of hydrogen-bond acceptors (Lipinski definition) is 4. The zero-order chi connectivity index (χ0) is 23.6. The average molecular weight is 475 g/mol. The van der Waals surface area contributed by atoms with Crippen LogP contribution in [0.5, 0.6) is 0 Å². The van der Waals surface area contributed by atoms with E-state index in [0.29, 0.717) is 16.5 Å². The van der Waals surface area contributed by atoms with Crippen LogP contribution in [-0.4, -0.2) is 39.2 Å². The van der Waals surface area contributed by atoms with E-state index in [1.54, 1.807) is 35.2 Å². The summed E-state index contributed by atoms with van der Waals surface area (Å²) in [5.41, 5.74) is 1.07. The summed E-state index contributed by atoms with van der Waals surface area (Å²) in [6.07, 6.45) is -0.975. The van der Waals surface area contributed by atoms with Gasteiger partial charge in [-0.05, 0) is 54.7 Å². The van der Waals surface area contributed by atoms with E-state index in [4.69, 9.17) is 17.0 Å². The van der Waals surface area contributed by atoms with Gasteiger partial charge in [-0.3, -0.25) is 9.78 Å². The van der Waals surface area contributed by atoms with E-state index < -0.39 is 17.8 Å². The van der Waals surface area contributed by atoms with Crippen molar-refractivity contribution in [3.05, 3.63) is 83.9 Å². The number of nitrogens with zero attached hydrogens (tertiary/aromatic N) is 3. The lowest BCUT2D eigenvalue weighted by Gasteiger charge is -2.28. The number of hydrogen-bond donors (Lipinski definition) is 1. The van der Waals surface area contributed by atoms with Crippen molar-refractivity contribution in [3.8, 4) is 5.69 Å². The number of ether oxygens (including phenoxy) is 1. The molecule has 10 heteroatoms. The molecular weight excluding hydrogens is 453 g/mol. The molecule has 1 fully saturated rings. The van der Waals surface area contributed by atoms with Gasteiger partial charge in [0.2, 0.25) is 0 Å². The van der Waals surface area contributed by atoms with Crippen molar-refractivity contribution in [1.29, 1.82) is 0 Å². The minimum Gasteiger partial charge on any atom is -0.469 e. The third-order valence-corrected chi connectivity index (χ3v) is 5.87. The largest absolute Gasteiger partial charge is 0.469 e. The molecule has 0 aliphatic carbocycles. The summed E-state index contributed by atoms with van der Waals surface area (Å²) in [5.74, 6) is -0.383. The van der Waals surface area contributed by atoms with Crippen LogP contribution in [0.15, 0.2) is 67.0 Å². The van der Waals surface area contributed by atoms with E-state index in [1.807, 2.05) is 23.1 Å². The number of thiocarbonyl (C=S) groups is 1. The number of aromatic nitrogens is 2. The highest BCUT2D eigenvalue weighted by atomic mass is 32.1. The number of benzene rings is 1. The van der Waals surface area contributed by atoms with Crippen molar-refractivity contribution in [1.82, 2.24) is 19.8 Å². The Morgan fingerprint density at radius 1 is 1.18 bits per heavy atom. The highest BCUT2D eigenvalue weighted by Crippen LogP contribution is 2.40. The molecule has 4 rings (SSSR count). The van der Waals surface area contributed by atoms with Gasteiger partial charge in [0.25, 0.3) is 0 Å². The van der Waals surface area contributed by atoms with Gasteiger partial charge in [0.05, 0.1) is 36.9 Å². The molecule has 1 aliphatic heterocycles. The van der Waals surface area contributed by atoms with Crippen molar-refractivity contribution < 1.29 is 22.7 Å². The summed E-state index contributed by atoms with van der Waals surface area (Å²) in [6, 6.07) is 13.5. The molecule has 1 aliphatic rings. The van der Waals surface area contributed by atoms with Crippen molar-refractivity contribution in [2.75, 3.05) is 13.7 Å². The van der Waals surface area contributed by atoms with Gasteiger partial charge in [0.15, 0.2) is 5.11 Å². The van der Waals surface area contributed by atoms with Crippen LogP contribution in [-0.2, 0) is 15.7 Å².